The van der Waals surface area contributed by atoms with E-state index in [1.807, 2.05) is 42.5 Å². The van der Waals surface area contributed by atoms with E-state index in [0.29, 0.717) is 58.4 Å². The molecule has 0 radical (unpaired) electrons. The van der Waals surface area contributed by atoms with Gasteiger partial charge in [-0.05, 0) is 35.9 Å². The summed E-state index contributed by atoms with van der Waals surface area (Å²) in [6.45, 7) is 5.03. The Bertz CT molecular complexity index is 1020. The van der Waals surface area contributed by atoms with Crippen molar-refractivity contribution in [3.63, 3.8) is 0 Å². The van der Waals surface area contributed by atoms with E-state index in [1.54, 1.807) is 26.4 Å². The minimum Gasteiger partial charge on any atom is -0.493 e. The maximum atomic E-state index is 12.5. The van der Waals surface area contributed by atoms with Crippen LogP contribution in [-0.2, 0) is 4.79 Å². The summed E-state index contributed by atoms with van der Waals surface area (Å²) in [6.07, 6.45) is 4.15. The Morgan fingerprint density at radius 3 is 2.31 bits per heavy atom. The van der Waals surface area contributed by atoms with Crippen LogP contribution in [0.2, 0.25) is 0 Å². The highest BCUT2D eigenvalue weighted by Gasteiger charge is 2.31. The number of nitrogens with zero attached hydrogens (tertiary/aromatic N) is 1. The molecule has 168 valence electrons. The largest absolute Gasteiger partial charge is 0.493 e. The van der Waals surface area contributed by atoms with E-state index in [-0.39, 0.29) is 5.91 Å². The van der Waals surface area contributed by atoms with Gasteiger partial charge in [-0.25, -0.2) is 0 Å². The van der Waals surface area contributed by atoms with Crippen molar-refractivity contribution in [2.75, 3.05) is 34.0 Å². The van der Waals surface area contributed by atoms with Crippen molar-refractivity contribution in [1.82, 2.24) is 4.90 Å². The second kappa shape index (κ2) is 11.6. The van der Waals surface area contributed by atoms with Gasteiger partial charge in [-0.1, -0.05) is 48.3 Å². The summed E-state index contributed by atoms with van der Waals surface area (Å²) in [4.78, 5) is 14.6. The standard InChI is InChI=1S/C24H25NO5S2/c1-4-12-25-23(26)22(32-24(25)31)16-17-10-11-20(21(15-17)28-3)30-14-7-13-29-19-9-6-5-8-18(19)27-2/h4-6,8-11,15-16H,1,7,12-14H2,2-3H3. The zero-order chi connectivity index (χ0) is 22.9. The molecule has 1 aliphatic rings. The van der Waals surface area contributed by atoms with E-state index in [2.05, 4.69) is 6.58 Å². The first-order valence-corrected chi connectivity index (χ1v) is 11.2. The van der Waals surface area contributed by atoms with E-state index < -0.39 is 0 Å². The van der Waals surface area contributed by atoms with E-state index in [4.69, 9.17) is 31.2 Å². The normalized spacial score (nSPS) is 14.6. The predicted molar refractivity (Wildman–Crippen MR) is 132 cm³/mol. The fourth-order valence-electron chi connectivity index (χ4n) is 2.99. The van der Waals surface area contributed by atoms with Gasteiger partial charge in [-0.3, -0.25) is 9.69 Å². The summed E-state index contributed by atoms with van der Waals surface area (Å²) < 4.78 is 22.9. The maximum absolute atomic E-state index is 12.5. The molecule has 8 heteroatoms. The van der Waals surface area contributed by atoms with Crippen molar-refractivity contribution >= 4 is 40.3 Å². The van der Waals surface area contributed by atoms with Crippen LogP contribution >= 0.6 is 24.0 Å². The van der Waals surface area contributed by atoms with E-state index >= 15 is 0 Å². The van der Waals surface area contributed by atoms with E-state index in [9.17, 15) is 4.79 Å². The molecule has 1 aliphatic heterocycles. The van der Waals surface area contributed by atoms with Gasteiger partial charge in [-0.15, -0.1) is 6.58 Å². The van der Waals surface area contributed by atoms with Crippen LogP contribution in [0.15, 0.2) is 60.0 Å². The van der Waals surface area contributed by atoms with Gasteiger partial charge >= 0.3 is 0 Å². The molecule has 1 heterocycles. The molecule has 0 aliphatic carbocycles. The first kappa shape index (κ1) is 23.7. The van der Waals surface area contributed by atoms with Crippen molar-refractivity contribution in [2.24, 2.45) is 0 Å². The molecule has 0 aromatic heterocycles. The lowest BCUT2D eigenvalue weighted by Crippen LogP contribution is -2.27. The number of carbonyl (C=O) groups excluding carboxylic acids is 1. The lowest BCUT2D eigenvalue weighted by atomic mass is 10.2. The number of methoxy groups -OCH3 is 2. The first-order valence-electron chi connectivity index (χ1n) is 10.00. The number of thiocarbonyl (C=S) groups is 1. The van der Waals surface area contributed by atoms with Crippen molar-refractivity contribution in [2.45, 2.75) is 6.42 Å². The molecule has 1 amide bonds. The Balaban J connectivity index is 1.57. The Kier molecular flexibility index (Phi) is 8.58. The van der Waals surface area contributed by atoms with Crippen LogP contribution in [-0.4, -0.2) is 49.1 Å². The van der Waals surface area contributed by atoms with Crippen LogP contribution in [0.1, 0.15) is 12.0 Å². The molecule has 0 N–H and O–H groups in total. The Morgan fingerprint density at radius 2 is 1.66 bits per heavy atom. The van der Waals surface area contributed by atoms with Gasteiger partial charge < -0.3 is 18.9 Å². The van der Waals surface area contributed by atoms with Crippen LogP contribution in [0.3, 0.4) is 0 Å². The number of ether oxygens (including phenoxy) is 4. The highest BCUT2D eigenvalue weighted by molar-refractivity contribution is 8.26. The molecule has 1 fully saturated rings. The van der Waals surface area contributed by atoms with Crippen molar-refractivity contribution in [3.05, 3.63) is 65.6 Å². The fourth-order valence-corrected chi connectivity index (χ4v) is 4.27. The molecule has 0 saturated carbocycles. The van der Waals surface area contributed by atoms with Crippen molar-refractivity contribution < 1.29 is 23.7 Å². The van der Waals surface area contributed by atoms with Gasteiger partial charge in [-0.2, -0.15) is 0 Å². The number of hydrogen-bond acceptors (Lipinski definition) is 7. The molecule has 0 spiro atoms. The summed E-state index contributed by atoms with van der Waals surface area (Å²) >= 11 is 6.56. The molecule has 1 saturated heterocycles. The van der Waals surface area contributed by atoms with E-state index in [1.165, 1.54) is 16.7 Å². The van der Waals surface area contributed by atoms with Crippen LogP contribution in [0.25, 0.3) is 6.08 Å². The number of hydrogen-bond donors (Lipinski definition) is 0. The van der Waals surface area contributed by atoms with Gasteiger partial charge in [0.15, 0.2) is 23.0 Å². The summed E-state index contributed by atoms with van der Waals surface area (Å²) in [6, 6.07) is 13.1. The van der Waals surface area contributed by atoms with Gasteiger partial charge in [0.25, 0.3) is 5.91 Å². The summed E-state index contributed by atoms with van der Waals surface area (Å²) in [5.74, 6) is 2.50. The zero-order valence-electron chi connectivity index (χ0n) is 18.0. The van der Waals surface area contributed by atoms with Crippen LogP contribution in [0.4, 0.5) is 0 Å². The number of amides is 1. The molecule has 6 nitrogen and oxygen atoms in total. The van der Waals surface area contributed by atoms with Crippen molar-refractivity contribution in [1.29, 1.82) is 0 Å². The highest BCUT2D eigenvalue weighted by atomic mass is 32.2. The third kappa shape index (κ3) is 5.83. The molecular formula is C24H25NO5S2. The summed E-state index contributed by atoms with van der Waals surface area (Å²) in [5, 5.41) is 0. The zero-order valence-corrected chi connectivity index (χ0v) is 19.7. The molecule has 3 rings (SSSR count). The Hall–Kier alpha value is -2.97. The Morgan fingerprint density at radius 1 is 1.00 bits per heavy atom. The molecule has 2 aromatic carbocycles. The minimum absolute atomic E-state index is 0.116. The maximum Gasteiger partial charge on any atom is 0.266 e. The molecule has 0 atom stereocenters. The molecule has 0 bridgehead atoms. The molecule has 0 unspecified atom stereocenters. The number of thioether (sulfide) groups is 1. The quantitative estimate of drug-likeness (QED) is 0.199. The highest BCUT2D eigenvalue weighted by Crippen LogP contribution is 2.34. The summed E-state index contributed by atoms with van der Waals surface area (Å²) in [5.41, 5.74) is 0.827. The lowest BCUT2D eigenvalue weighted by Gasteiger charge is -2.13. The SMILES string of the molecule is C=CCN1C(=O)C(=Cc2ccc(OCCCOc3ccccc3OC)c(OC)c2)SC1=S. The third-order valence-corrected chi connectivity index (χ3v) is 5.92. The van der Waals surface area contributed by atoms with Gasteiger partial charge in [0, 0.05) is 13.0 Å². The number of rotatable bonds is 11. The topological polar surface area (TPSA) is 57.2 Å². The van der Waals surface area contributed by atoms with Gasteiger partial charge in [0.1, 0.15) is 4.32 Å². The van der Waals surface area contributed by atoms with Crippen molar-refractivity contribution in [3.8, 4) is 23.0 Å². The average molecular weight is 472 g/mol. The number of benzene rings is 2. The second-order valence-electron chi connectivity index (χ2n) is 6.69. The second-order valence-corrected chi connectivity index (χ2v) is 8.37. The monoisotopic (exact) mass is 471 g/mol. The molecule has 32 heavy (non-hydrogen) atoms. The van der Waals surface area contributed by atoms with Gasteiger partial charge in [0.2, 0.25) is 0 Å². The van der Waals surface area contributed by atoms with Crippen LogP contribution in [0.5, 0.6) is 23.0 Å². The number of para-hydroxylation sites is 2. The van der Waals surface area contributed by atoms with Gasteiger partial charge in [0.05, 0.1) is 32.3 Å². The summed E-state index contributed by atoms with van der Waals surface area (Å²) in [7, 11) is 3.20. The molecule has 2 aromatic rings. The predicted octanol–water partition coefficient (Wildman–Crippen LogP) is 4.94. The van der Waals surface area contributed by atoms with Crippen LogP contribution < -0.4 is 18.9 Å². The first-order chi connectivity index (χ1) is 15.6. The minimum atomic E-state index is -0.116. The smallest absolute Gasteiger partial charge is 0.266 e. The van der Waals surface area contributed by atoms with E-state index in [0.717, 1.165) is 5.56 Å². The average Bonchev–Trinajstić information content (AvgIpc) is 3.07. The third-order valence-electron chi connectivity index (χ3n) is 4.54. The Labute approximate surface area is 197 Å². The van der Waals surface area contributed by atoms with Crippen LogP contribution in [0, 0.1) is 0 Å². The fraction of sp³-hybridized carbons (Fsp3) is 0.250. The number of carbonyl (C=O) groups is 1. The lowest BCUT2D eigenvalue weighted by molar-refractivity contribution is -0.121. The molecular weight excluding hydrogens is 446 g/mol.